The molecule has 0 atom stereocenters. The summed E-state index contributed by atoms with van der Waals surface area (Å²) in [6.45, 7) is 0. The molecule has 19 heavy (non-hydrogen) atoms. The van der Waals surface area contributed by atoms with Crippen LogP contribution in [-0.2, 0) is 0 Å². The molecule has 98 valence electrons. The van der Waals surface area contributed by atoms with Crippen LogP contribution in [0.3, 0.4) is 0 Å². The van der Waals surface area contributed by atoms with Crippen LogP contribution in [0.4, 0.5) is 0 Å². The number of carbonyl (C=O) groups is 1. The van der Waals surface area contributed by atoms with Crippen molar-refractivity contribution in [3.8, 4) is 11.5 Å². The molecule has 0 saturated carbocycles. The van der Waals surface area contributed by atoms with Crippen LogP contribution in [0, 0.1) is 5.41 Å². The molecule has 0 spiro atoms. The van der Waals surface area contributed by atoms with E-state index in [1.165, 1.54) is 12.1 Å². The van der Waals surface area contributed by atoms with Crippen molar-refractivity contribution in [3.63, 3.8) is 0 Å². The maximum Gasteiger partial charge on any atom is 0.153 e. The van der Waals surface area contributed by atoms with Crippen molar-refractivity contribution in [3.05, 3.63) is 59.7 Å². The Kier molecular flexibility index (Phi) is 5.10. The summed E-state index contributed by atoms with van der Waals surface area (Å²) in [7, 11) is 0. The monoisotopic (exact) mass is 258 g/mol. The summed E-state index contributed by atoms with van der Waals surface area (Å²) in [5.41, 5.74) is 6.15. The van der Waals surface area contributed by atoms with Crippen LogP contribution in [0.15, 0.2) is 48.5 Å². The Morgan fingerprint density at radius 2 is 1.74 bits per heavy atom. The summed E-state index contributed by atoms with van der Waals surface area (Å²) in [4.78, 5) is 10.1. The van der Waals surface area contributed by atoms with Crippen LogP contribution >= 0.6 is 0 Å². The molecule has 2 rings (SSSR count). The highest BCUT2D eigenvalue weighted by Crippen LogP contribution is 2.20. The lowest BCUT2D eigenvalue weighted by Crippen LogP contribution is -2.10. The SMILES string of the molecule is N=C(N)c1ccccc1.O=Cc1ccc(O)cc1O. The molecule has 2 aromatic rings. The predicted octanol–water partition coefficient (Wildman–Crippen LogP) is 1.88. The van der Waals surface area contributed by atoms with Gasteiger partial charge in [0.2, 0.25) is 0 Å². The van der Waals surface area contributed by atoms with Gasteiger partial charge < -0.3 is 15.9 Å². The fourth-order valence-corrected chi connectivity index (χ4v) is 1.25. The first-order valence-electron chi connectivity index (χ1n) is 5.41. The number of hydrogen-bond acceptors (Lipinski definition) is 4. The van der Waals surface area contributed by atoms with Gasteiger partial charge in [0.1, 0.15) is 17.3 Å². The average Bonchev–Trinajstić information content (AvgIpc) is 2.40. The molecule has 0 aliphatic carbocycles. The first-order valence-corrected chi connectivity index (χ1v) is 5.41. The Morgan fingerprint density at radius 3 is 2.16 bits per heavy atom. The molecule has 5 N–H and O–H groups in total. The number of nitrogen functional groups attached to an aromatic ring is 1. The minimum Gasteiger partial charge on any atom is -0.508 e. The van der Waals surface area contributed by atoms with Gasteiger partial charge in [-0.05, 0) is 12.1 Å². The number of aromatic hydroxyl groups is 2. The van der Waals surface area contributed by atoms with Gasteiger partial charge in [0.25, 0.3) is 0 Å². The van der Waals surface area contributed by atoms with Crippen molar-refractivity contribution < 1.29 is 15.0 Å². The highest BCUT2D eigenvalue weighted by atomic mass is 16.3. The van der Waals surface area contributed by atoms with E-state index in [4.69, 9.17) is 21.4 Å². The average molecular weight is 258 g/mol. The topological polar surface area (TPSA) is 107 Å². The molecule has 0 fully saturated rings. The number of aldehydes is 1. The zero-order valence-electron chi connectivity index (χ0n) is 10.1. The van der Waals surface area contributed by atoms with E-state index in [-0.39, 0.29) is 22.9 Å². The number of hydrogen-bond donors (Lipinski definition) is 4. The third-order valence-electron chi connectivity index (χ3n) is 2.23. The number of amidine groups is 1. The van der Waals surface area contributed by atoms with Gasteiger partial charge >= 0.3 is 0 Å². The van der Waals surface area contributed by atoms with E-state index in [2.05, 4.69) is 0 Å². The van der Waals surface area contributed by atoms with E-state index in [9.17, 15) is 4.79 Å². The summed E-state index contributed by atoms with van der Waals surface area (Å²) in [6.07, 6.45) is 0.523. The smallest absolute Gasteiger partial charge is 0.153 e. The third-order valence-corrected chi connectivity index (χ3v) is 2.23. The normalized spacial score (nSPS) is 9.05. The molecular weight excluding hydrogens is 244 g/mol. The van der Waals surface area contributed by atoms with Crippen LogP contribution < -0.4 is 5.73 Å². The molecule has 2 aromatic carbocycles. The largest absolute Gasteiger partial charge is 0.508 e. The molecule has 5 heteroatoms. The van der Waals surface area contributed by atoms with E-state index >= 15 is 0 Å². The highest BCUT2D eigenvalue weighted by Gasteiger charge is 1.98. The zero-order chi connectivity index (χ0) is 14.3. The first-order chi connectivity index (χ1) is 9.04. The van der Waals surface area contributed by atoms with E-state index < -0.39 is 0 Å². The number of nitrogens with one attached hydrogen (secondary N) is 1. The van der Waals surface area contributed by atoms with Gasteiger partial charge in [0.15, 0.2) is 6.29 Å². The van der Waals surface area contributed by atoms with Crippen molar-refractivity contribution >= 4 is 12.1 Å². The van der Waals surface area contributed by atoms with Gasteiger partial charge in [0.05, 0.1) is 5.56 Å². The number of benzene rings is 2. The number of phenols is 2. The predicted molar refractivity (Wildman–Crippen MR) is 72.6 cm³/mol. The molecular formula is C14H14N2O3. The number of nitrogens with two attached hydrogens (primary N) is 1. The van der Waals surface area contributed by atoms with Gasteiger partial charge in [-0.3, -0.25) is 10.2 Å². The fourth-order valence-electron chi connectivity index (χ4n) is 1.25. The maximum atomic E-state index is 10.1. The second kappa shape index (κ2) is 6.80. The van der Waals surface area contributed by atoms with Crippen molar-refractivity contribution in [2.24, 2.45) is 5.73 Å². The number of carbonyl (C=O) groups excluding carboxylic acids is 1. The highest BCUT2D eigenvalue weighted by molar-refractivity contribution is 5.94. The van der Waals surface area contributed by atoms with E-state index in [0.29, 0.717) is 6.29 Å². The summed E-state index contributed by atoms with van der Waals surface area (Å²) in [5.74, 6) is -0.131. The lowest BCUT2D eigenvalue weighted by atomic mass is 10.2. The minimum absolute atomic E-state index is 0.0527. The van der Waals surface area contributed by atoms with E-state index in [0.717, 1.165) is 11.6 Å². The molecule has 0 radical (unpaired) electrons. The Balaban J connectivity index is 0.000000191. The summed E-state index contributed by atoms with van der Waals surface area (Å²) < 4.78 is 0. The first kappa shape index (κ1) is 14.2. The standard InChI is InChI=1S/C7H8N2.C7H6O3/c8-7(9)6-4-2-1-3-5-6;8-4-5-1-2-6(9)3-7(5)10/h1-5H,(H3,8,9);1-4,9-10H. The van der Waals surface area contributed by atoms with Gasteiger partial charge in [-0.1, -0.05) is 30.3 Å². The lowest BCUT2D eigenvalue weighted by molar-refractivity contribution is 0.112. The van der Waals surface area contributed by atoms with Crippen LogP contribution in [0.5, 0.6) is 11.5 Å². The molecule has 0 amide bonds. The van der Waals surface area contributed by atoms with Gasteiger partial charge in [-0.2, -0.15) is 0 Å². The second-order valence-electron chi connectivity index (χ2n) is 3.64. The number of phenolic OH excluding ortho intramolecular Hbond substituents is 2. The van der Waals surface area contributed by atoms with Crippen LogP contribution in [-0.4, -0.2) is 22.3 Å². The second-order valence-corrected chi connectivity index (χ2v) is 3.64. The quantitative estimate of drug-likeness (QED) is 0.374. The van der Waals surface area contributed by atoms with E-state index in [1.54, 1.807) is 0 Å². The molecule has 0 aliphatic rings. The van der Waals surface area contributed by atoms with Crippen LogP contribution in [0.1, 0.15) is 15.9 Å². The molecule has 0 heterocycles. The Bertz CT molecular complexity index is 568. The molecule has 0 aliphatic heterocycles. The fraction of sp³-hybridized carbons (Fsp3) is 0. The van der Waals surface area contributed by atoms with Crippen molar-refractivity contribution in [2.45, 2.75) is 0 Å². The van der Waals surface area contributed by atoms with Gasteiger partial charge in [0, 0.05) is 11.6 Å². The summed E-state index contributed by atoms with van der Waals surface area (Å²) >= 11 is 0. The summed E-state index contributed by atoms with van der Waals surface area (Å²) in [6, 6.07) is 13.0. The van der Waals surface area contributed by atoms with Crippen LogP contribution in [0.2, 0.25) is 0 Å². The lowest BCUT2D eigenvalue weighted by Gasteiger charge is -1.95. The van der Waals surface area contributed by atoms with Crippen molar-refractivity contribution in [1.29, 1.82) is 5.41 Å². The van der Waals surface area contributed by atoms with Crippen LogP contribution in [0.25, 0.3) is 0 Å². The van der Waals surface area contributed by atoms with Crippen molar-refractivity contribution in [1.82, 2.24) is 0 Å². The third kappa shape index (κ3) is 4.51. The molecule has 5 nitrogen and oxygen atoms in total. The van der Waals surface area contributed by atoms with Gasteiger partial charge in [-0.25, -0.2) is 0 Å². The minimum atomic E-state index is -0.199. The Labute approximate surface area is 110 Å². The number of rotatable bonds is 2. The molecule has 0 bridgehead atoms. The van der Waals surface area contributed by atoms with Crippen molar-refractivity contribution in [2.75, 3.05) is 0 Å². The van der Waals surface area contributed by atoms with E-state index in [1.807, 2.05) is 30.3 Å². The molecule has 0 aromatic heterocycles. The Morgan fingerprint density at radius 1 is 1.11 bits per heavy atom. The molecule has 0 unspecified atom stereocenters. The molecule has 0 saturated heterocycles. The summed E-state index contributed by atoms with van der Waals surface area (Å²) in [5, 5.41) is 24.7. The Hall–Kier alpha value is -2.82. The zero-order valence-corrected chi connectivity index (χ0v) is 10.1. The van der Waals surface area contributed by atoms with Gasteiger partial charge in [-0.15, -0.1) is 0 Å². The maximum absolute atomic E-state index is 10.1.